The van der Waals surface area contributed by atoms with E-state index in [0.29, 0.717) is 18.3 Å². The Morgan fingerprint density at radius 3 is 2.74 bits per heavy atom. The van der Waals surface area contributed by atoms with Crippen LogP contribution in [0.25, 0.3) is 5.69 Å². The number of nitrogens with zero attached hydrogens (tertiary/aromatic N) is 1. The molecule has 1 amide bonds. The Labute approximate surface area is 140 Å². The summed E-state index contributed by atoms with van der Waals surface area (Å²) in [4.78, 5) is 24.2. The predicted octanol–water partition coefficient (Wildman–Crippen LogP) is 1.38. The van der Waals surface area contributed by atoms with Crippen molar-refractivity contribution in [2.24, 2.45) is 0 Å². The van der Waals surface area contributed by atoms with Gasteiger partial charge in [0.05, 0.1) is 5.69 Å². The molecule has 1 aromatic heterocycles. The van der Waals surface area contributed by atoms with Crippen molar-refractivity contribution in [3.05, 3.63) is 51.9 Å². The van der Waals surface area contributed by atoms with E-state index in [0.717, 1.165) is 24.9 Å². The first kappa shape index (κ1) is 17.3. The molecular formula is C16H21ClN4O2. The Morgan fingerprint density at radius 2 is 2.09 bits per heavy atom. The summed E-state index contributed by atoms with van der Waals surface area (Å²) in [6.07, 6.45) is 2.21. The second kappa shape index (κ2) is 7.48. The van der Waals surface area contributed by atoms with Crippen LogP contribution in [0.15, 0.2) is 35.1 Å². The van der Waals surface area contributed by atoms with Gasteiger partial charge < -0.3 is 10.6 Å². The number of hydrogen-bond acceptors (Lipinski definition) is 3. The minimum atomic E-state index is -0.253. The minimum absolute atomic E-state index is 0. The lowest BCUT2D eigenvalue weighted by Crippen LogP contribution is -2.37. The molecule has 7 heteroatoms. The highest BCUT2D eigenvalue weighted by Gasteiger charge is 2.17. The SMILES string of the molecule is Cc1ccc(-n2[nH]c(C(=O)NCC3CCCN3)cc2=O)cc1.Cl. The zero-order chi connectivity index (χ0) is 15.5. The van der Waals surface area contributed by atoms with Gasteiger partial charge in [-0.05, 0) is 38.4 Å². The highest BCUT2D eigenvalue weighted by Crippen LogP contribution is 2.07. The Hall–Kier alpha value is -2.05. The summed E-state index contributed by atoms with van der Waals surface area (Å²) in [6.45, 7) is 3.56. The van der Waals surface area contributed by atoms with Crippen LogP contribution in [-0.2, 0) is 0 Å². The van der Waals surface area contributed by atoms with Crippen LogP contribution in [0.3, 0.4) is 0 Å². The molecule has 2 aromatic rings. The molecule has 3 N–H and O–H groups in total. The molecule has 0 bridgehead atoms. The van der Waals surface area contributed by atoms with E-state index in [9.17, 15) is 9.59 Å². The molecule has 0 radical (unpaired) electrons. The van der Waals surface area contributed by atoms with Gasteiger partial charge in [-0.1, -0.05) is 17.7 Å². The summed E-state index contributed by atoms with van der Waals surface area (Å²) in [5.41, 5.74) is 1.87. The van der Waals surface area contributed by atoms with E-state index < -0.39 is 0 Å². The van der Waals surface area contributed by atoms with Crippen LogP contribution in [-0.4, -0.2) is 34.8 Å². The maximum Gasteiger partial charge on any atom is 0.271 e. The van der Waals surface area contributed by atoms with Crippen LogP contribution in [0, 0.1) is 6.92 Å². The summed E-state index contributed by atoms with van der Waals surface area (Å²) in [5, 5.41) is 9.04. The van der Waals surface area contributed by atoms with Crippen LogP contribution >= 0.6 is 12.4 Å². The molecule has 124 valence electrons. The summed E-state index contributed by atoms with van der Waals surface area (Å²) in [5.74, 6) is -0.253. The number of hydrogen-bond donors (Lipinski definition) is 3. The third-order valence-electron chi connectivity index (χ3n) is 3.93. The molecule has 0 saturated carbocycles. The smallest absolute Gasteiger partial charge is 0.271 e. The van der Waals surface area contributed by atoms with E-state index in [1.54, 1.807) is 0 Å². The van der Waals surface area contributed by atoms with E-state index in [2.05, 4.69) is 15.7 Å². The van der Waals surface area contributed by atoms with Crippen LogP contribution < -0.4 is 16.2 Å². The first-order chi connectivity index (χ1) is 10.6. The fourth-order valence-electron chi connectivity index (χ4n) is 2.64. The third-order valence-corrected chi connectivity index (χ3v) is 3.93. The molecular weight excluding hydrogens is 316 g/mol. The number of H-pyrrole nitrogens is 1. The van der Waals surface area contributed by atoms with Crippen LogP contribution in [0.4, 0.5) is 0 Å². The van der Waals surface area contributed by atoms with Gasteiger partial charge in [-0.25, -0.2) is 4.68 Å². The topological polar surface area (TPSA) is 78.9 Å². The summed E-state index contributed by atoms with van der Waals surface area (Å²) in [7, 11) is 0. The van der Waals surface area contributed by atoms with E-state index in [1.807, 2.05) is 31.2 Å². The second-order valence-electron chi connectivity index (χ2n) is 5.68. The van der Waals surface area contributed by atoms with Crippen molar-refractivity contribution in [3.8, 4) is 5.69 Å². The lowest BCUT2D eigenvalue weighted by atomic mass is 10.2. The quantitative estimate of drug-likeness (QED) is 0.789. The van der Waals surface area contributed by atoms with Crippen molar-refractivity contribution in [3.63, 3.8) is 0 Å². The number of carbonyl (C=O) groups excluding carboxylic acids is 1. The average molecular weight is 337 g/mol. The number of nitrogens with one attached hydrogen (secondary N) is 3. The summed E-state index contributed by atoms with van der Waals surface area (Å²) < 4.78 is 1.38. The average Bonchev–Trinajstić information content (AvgIpc) is 3.15. The first-order valence-corrected chi connectivity index (χ1v) is 7.54. The number of halogens is 1. The summed E-state index contributed by atoms with van der Waals surface area (Å²) in [6, 6.07) is 9.20. The van der Waals surface area contributed by atoms with Crippen molar-refractivity contribution in [1.29, 1.82) is 0 Å². The van der Waals surface area contributed by atoms with E-state index in [4.69, 9.17) is 0 Å². The Morgan fingerprint density at radius 1 is 1.35 bits per heavy atom. The highest BCUT2D eigenvalue weighted by molar-refractivity contribution is 5.92. The van der Waals surface area contributed by atoms with Crippen molar-refractivity contribution in [2.75, 3.05) is 13.1 Å². The molecule has 2 heterocycles. The number of aromatic amines is 1. The molecule has 1 aliphatic heterocycles. The normalized spacial score (nSPS) is 16.8. The largest absolute Gasteiger partial charge is 0.349 e. The second-order valence-corrected chi connectivity index (χ2v) is 5.68. The van der Waals surface area contributed by atoms with E-state index in [1.165, 1.54) is 10.7 Å². The molecule has 6 nitrogen and oxygen atoms in total. The lowest BCUT2D eigenvalue weighted by molar-refractivity contribution is 0.0945. The lowest BCUT2D eigenvalue weighted by Gasteiger charge is -2.10. The standard InChI is InChI=1S/C16H20N4O2.ClH/c1-11-4-6-13(7-5-11)20-15(21)9-14(19-20)16(22)18-10-12-3-2-8-17-12;/h4-7,9,12,17,19H,2-3,8,10H2,1H3,(H,18,22);1H. The number of benzene rings is 1. The van der Waals surface area contributed by atoms with Gasteiger partial charge in [0.1, 0.15) is 5.69 Å². The fraction of sp³-hybridized carbons (Fsp3) is 0.375. The van der Waals surface area contributed by atoms with Gasteiger partial charge in [-0.15, -0.1) is 12.4 Å². The Balaban J connectivity index is 0.00000192. The molecule has 1 unspecified atom stereocenters. The molecule has 1 fully saturated rings. The van der Waals surface area contributed by atoms with Crippen LogP contribution in [0.5, 0.6) is 0 Å². The molecule has 1 atom stereocenters. The molecule has 1 saturated heterocycles. The van der Waals surface area contributed by atoms with Gasteiger partial charge in [0.2, 0.25) is 0 Å². The van der Waals surface area contributed by atoms with Crippen molar-refractivity contribution in [1.82, 2.24) is 20.4 Å². The molecule has 0 aliphatic carbocycles. The monoisotopic (exact) mass is 336 g/mol. The Bertz CT molecular complexity index is 714. The number of rotatable bonds is 4. The number of aromatic nitrogens is 2. The Kier molecular flexibility index (Phi) is 5.63. The maximum atomic E-state index is 12.1. The molecule has 3 rings (SSSR count). The van der Waals surface area contributed by atoms with Gasteiger partial charge in [0, 0.05) is 18.7 Å². The van der Waals surface area contributed by atoms with Crippen molar-refractivity contribution < 1.29 is 4.79 Å². The van der Waals surface area contributed by atoms with Gasteiger partial charge >= 0.3 is 0 Å². The first-order valence-electron chi connectivity index (χ1n) is 7.54. The van der Waals surface area contributed by atoms with Crippen molar-refractivity contribution in [2.45, 2.75) is 25.8 Å². The fourth-order valence-corrected chi connectivity index (χ4v) is 2.64. The molecule has 0 spiro atoms. The van der Waals surface area contributed by atoms with E-state index >= 15 is 0 Å². The zero-order valence-electron chi connectivity index (χ0n) is 13.0. The summed E-state index contributed by atoms with van der Waals surface area (Å²) >= 11 is 0. The molecule has 1 aliphatic rings. The highest BCUT2D eigenvalue weighted by atomic mass is 35.5. The van der Waals surface area contributed by atoms with Gasteiger partial charge in [-0.2, -0.15) is 0 Å². The molecule has 1 aromatic carbocycles. The number of aryl methyl sites for hydroxylation is 1. The van der Waals surface area contributed by atoms with Gasteiger partial charge in [0.15, 0.2) is 0 Å². The zero-order valence-corrected chi connectivity index (χ0v) is 13.8. The van der Waals surface area contributed by atoms with Crippen LogP contribution in [0.1, 0.15) is 28.9 Å². The predicted molar refractivity (Wildman–Crippen MR) is 91.7 cm³/mol. The third kappa shape index (κ3) is 4.03. The maximum absolute atomic E-state index is 12.1. The molecule has 23 heavy (non-hydrogen) atoms. The number of carbonyl (C=O) groups is 1. The van der Waals surface area contributed by atoms with E-state index in [-0.39, 0.29) is 29.6 Å². The minimum Gasteiger partial charge on any atom is -0.349 e. The van der Waals surface area contributed by atoms with Crippen molar-refractivity contribution >= 4 is 18.3 Å². The van der Waals surface area contributed by atoms with Gasteiger partial charge in [-0.3, -0.25) is 14.7 Å². The van der Waals surface area contributed by atoms with Crippen LogP contribution in [0.2, 0.25) is 0 Å². The van der Waals surface area contributed by atoms with Gasteiger partial charge in [0.25, 0.3) is 11.5 Å². The number of amides is 1.